The zero-order valence-electron chi connectivity index (χ0n) is 19.1. The first-order valence-electron chi connectivity index (χ1n) is 11.7. The quantitative estimate of drug-likeness (QED) is 0.240. The van der Waals surface area contributed by atoms with Gasteiger partial charge in [-0.2, -0.15) is 0 Å². The van der Waals surface area contributed by atoms with Crippen LogP contribution in [0.2, 0.25) is 5.02 Å². The van der Waals surface area contributed by atoms with Gasteiger partial charge in [0.05, 0.1) is 22.9 Å². The Morgan fingerprint density at radius 1 is 0.903 bits per heavy atom. The van der Waals surface area contributed by atoms with E-state index in [-0.39, 0.29) is 0 Å². The summed E-state index contributed by atoms with van der Waals surface area (Å²) < 4.78 is 6.95. The number of anilines is 1. The molecule has 0 atom stereocenters. The zero-order valence-corrected chi connectivity index (χ0v) is 20.7. The molecule has 3 nitrogen and oxygen atoms in total. The van der Waals surface area contributed by atoms with Crippen molar-refractivity contribution in [3.8, 4) is 16.3 Å². The van der Waals surface area contributed by atoms with Gasteiger partial charge in [-0.15, -0.1) is 11.3 Å². The van der Waals surface area contributed by atoms with Crippen molar-refractivity contribution in [2.24, 2.45) is 0 Å². The van der Waals surface area contributed by atoms with Crippen LogP contribution in [0.3, 0.4) is 0 Å². The molecule has 31 heavy (non-hydrogen) atoms. The number of halogens is 1. The molecule has 0 amide bonds. The first kappa shape index (κ1) is 23.9. The van der Waals surface area contributed by atoms with Crippen molar-refractivity contribution in [2.45, 2.75) is 65.2 Å². The van der Waals surface area contributed by atoms with Gasteiger partial charge in [0.25, 0.3) is 0 Å². The molecule has 3 aromatic rings. The van der Waals surface area contributed by atoms with E-state index >= 15 is 0 Å². The summed E-state index contributed by atoms with van der Waals surface area (Å²) in [6.45, 7) is 6.74. The van der Waals surface area contributed by atoms with Crippen LogP contribution >= 0.6 is 22.9 Å². The first-order valence-corrected chi connectivity index (χ1v) is 12.8. The van der Waals surface area contributed by atoms with Crippen LogP contribution in [-0.4, -0.2) is 25.2 Å². The molecule has 5 heteroatoms. The van der Waals surface area contributed by atoms with E-state index in [1.54, 1.807) is 18.4 Å². The van der Waals surface area contributed by atoms with Crippen LogP contribution in [0.5, 0.6) is 5.75 Å². The molecule has 168 valence electrons. The number of rotatable bonds is 13. The maximum Gasteiger partial charge on any atom is 0.131 e. The average molecular weight is 459 g/mol. The van der Waals surface area contributed by atoms with Gasteiger partial charge in [0, 0.05) is 29.9 Å². The third-order valence-electron chi connectivity index (χ3n) is 5.69. The summed E-state index contributed by atoms with van der Waals surface area (Å²) in [6.07, 6.45) is 10.2. The normalized spacial score (nSPS) is 11.2. The van der Waals surface area contributed by atoms with Gasteiger partial charge in [0.2, 0.25) is 0 Å². The smallest absolute Gasteiger partial charge is 0.131 e. The molecule has 0 fully saturated rings. The lowest BCUT2D eigenvalue weighted by molar-refractivity contribution is 0.416. The summed E-state index contributed by atoms with van der Waals surface area (Å²) >= 11 is 7.82. The Bertz CT molecular complexity index is 944. The van der Waals surface area contributed by atoms with Crippen LogP contribution in [0.15, 0.2) is 36.4 Å². The van der Waals surface area contributed by atoms with Gasteiger partial charge in [-0.1, -0.05) is 64.0 Å². The summed E-state index contributed by atoms with van der Waals surface area (Å²) in [7, 11) is 1.75. The van der Waals surface area contributed by atoms with Gasteiger partial charge < -0.3 is 9.64 Å². The number of ether oxygens (including phenoxy) is 1. The molecule has 1 heterocycles. The molecule has 0 saturated carbocycles. The average Bonchev–Trinajstić information content (AvgIpc) is 3.20. The predicted molar refractivity (Wildman–Crippen MR) is 137 cm³/mol. The molecule has 0 unspecified atom stereocenters. The van der Waals surface area contributed by atoms with Crippen molar-refractivity contribution in [1.29, 1.82) is 0 Å². The molecule has 0 radical (unpaired) electrons. The predicted octanol–water partition coefficient (Wildman–Crippen LogP) is 8.59. The van der Waals surface area contributed by atoms with Crippen molar-refractivity contribution in [2.75, 3.05) is 25.1 Å². The highest BCUT2D eigenvalue weighted by Crippen LogP contribution is 2.38. The van der Waals surface area contributed by atoms with Crippen LogP contribution in [0.1, 0.15) is 65.2 Å². The van der Waals surface area contributed by atoms with Gasteiger partial charge in [0.1, 0.15) is 10.8 Å². The number of hydrogen-bond acceptors (Lipinski definition) is 4. The fourth-order valence-electron chi connectivity index (χ4n) is 3.90. The minimum absolute atomic E-state index is 0.716. The van der Waals surface area contributed by atoms with Crippen LogP contribution in [0, 0.1) is 0 Å². The summed E-state index contributed by atoms with van der Waals surface area (Å²) in [5.41, 5.74) is 3.23. The van der Waals surface area contributed by atoms with Crippen LogP contribution in [0.4, 0.5) is 5.69 Å². The number of hydrogen-bond donors (Lipinski definition) is 0. The molecular weight excluding hydrogens is 424 g/mol. The number of unbranched alkanes of at least 4 members (excludes halogenated alkanes) is 6. The summed E-state index contributed by atoms with van der Waals surface area (Å²) in [5.74, 6) is 0.884. The van der Waals surface area contributed by atoms with Crippen molar-refractivity contribution in [1.82, 2.24) is 4.98 Å². The van der Waals surface area contributed by atoms with E-state index in [1.165, 1.54) is 57.1 Å². The third-order valence-corrected chi connectivity index (χ3v) is 7.00. The molecule has 0 aliphatic rings. The SMILES string of the molecule is CCCCCCN(CCCCCC)c1ccc(-c2nc3cc(Cl)ccc3s2)c(OC)c1. The first-order chi connectivity index (χ1) is 15.2. The van der Waals surface area contributed by atoms with E-state index in [9.17, 15) is 0 Å². The number of aromatic nitrogens is 1. The topological polar surface area (TPSA) is 25.4 Å². The van der Waals surface area contributed by atoms with Crippen LogP contribution in [0.25, 0.3) is 20.8 Å². The minimum atomic E-state index is 0.716. The van der Waals surface area contributed by atoms with E-state index in [2.05, 4.69) is 36.9 Å². The summed E-state index contributed by atoms with van der Waals surface area (Å²) in [5, 5.41) is 1.69. The van der Waals surface area contributed by atoms with E-state index < -0.39 is 0 Å². The Morgan fingerprint density at radius 3 is 2.26 bits per heavy atom. The molecule has 0 N–H and O–H groups in total. The van der Waals surface area contributed by atoms with E-state index in [4.69, 9.17) is 21.3 Å². The van der Waals surface area contributed by atoms with E-state index in [0.717, 1.165) is 39.6 Å². The fourth-order valence-corrected chi connectivity index (χ4v) is 5.04. The maximum atomic E-state index is 6.15. The highest BCUT2D eigenvalue weighted by molar-refractivity contribution is 7.21. The van der Waals surface area contributed by atoms with E-state index in [0.29, 0.717) is 5.02 Å². The van der Waals surface area contributed by atoms with Gasteiger partial charge in [-0.3, -0.25) is 0 Å². The van der Waals surface area contributed by atoms with Gasteiger partial charge in [0.15, 0.2) is 0 Å². The largest absolute Gasteiger partial charge is 0.496 e. The Hall–Kier alpha value is -1.78. The maximum absolute atomic E-state index is 6.15. The molecule has 0 aliphatic heterocycles. The van der Waals surface area contributed by atoms with Crippen LogP contribution in [-0.2, 0) is 0 Å². The lowest BCUT2D eigenvalue weighted by atomic mass is 10.1. The zero-order chi connectivity index (χ0) is 22.1. The standard InChI is InChI=1S/C26H35ClN2OS/c1-4-6-8-10-16-29(17-11-9-7-5-2)21-13-14-22(24(19-21)30-3)26-28-23-18-20(27)12-15-25(23)31-26/h12-15,18-19H,4-11,16-17H2,1-3H3. The number of fused-ring (bicyclic) bond motifs is 1. The van der Waals surface area contributed by atoms with Crippen molar-refractivity contribution in [3.05, 3.63) is 41.4 Å². The highest BCUT2D eigenvalue weighted by atomic mass is 35.5. The van der Waals surface area contributed by atoms with Crippen molar-refractivity contribution < 1.29 is 4.74 Å². The molecule has 0 saturated heterocycles. The molecule has 0 bridgehead atoms. The Kier molecular flexibility index (Phi) is 9.48. The van der Waals surface area contributed by atoms with Gasteiger partial charge in [-0.05, 0) is 43.2 Å². The molecular formula is C26H35ClN2OS. The number of thiazole rings is 1. The second-order valence-corrected chi connectivity index (χ2v) is 9.59. The highest BCUT2D eigenvalue weighted by Gasteiger charge is 2.15. The summed E-state index contributed by atoms with van der Waals surface area (Å²) in [6, 6.07) is 12.5. The molecule has 1 aromatic heterocycles. The Morgan fingerprint density at radius 2 is 1.61 bits per heavy atom. The van der Waals surface area contributed by atoms with Crippen LogP contribution < -0.4 is 9.64 Å². The molecule has 3 rings (SSSR count). The van der Waals surface area contributed by atoms with Gasteiger partial charge >= 0.3 is 0 Å². The Labute approximate surface area is 196 Å². The second-order valence-electron chi connectivity index (χ2n) is 8.12. The molecule has 2 aromatic carbocycles. The van der Waals surface area contributed by atoms with Crippen molar-refractivity contribution >= 4 is 38.8 Å². The molecule has 0 spiro atoms. The minimum Gasteiger partial charge on any atom is -0.496 e. The lowest BCUT2D eigenvalue weighted by Crippen LogP contribution is -2.25. The second kappa shape index (κ2) is 12.3. The lowest BCUT2D eigenvalue weighted by Gasteiger charge is -2.26. The van der Waals surface area contributed by atoms with E-state index in [1.807, 2.05) is 18.2 Å². The molecule has 0 aliphatic carbocycles. The monoisotopic (exact) mass is 458 g/mol. The fraction of sp³-hybridized carbons (Fsp3) is 0.500. The van der Waals surface area contributed by atoms with Gasteiger partial charge in [-0.25, -0.2) is 4.98 Å². The van der Waals surface area contributed by atoms with Crippen molar-refractivity contribution in [3.63, 3.8) is 0 Å². The third kappa shape index (κ3) is 6.60. The number of methoxy groups -OCH3 is 1. The number of nitrogens with zero attached hydrogens (tertiary/aromatic N) is 2. The number of benzene rings is 2. The Balaban J connectivity index is 1.82. The summed E-state index contributed by atoms with van der Waals surface area (Å²) in [4.78, 5) is 7.34.